The Balaban J connectivity index is 1.18. The van der Waals surface area contributed by atoms with Crippen molar-refractivity contribution < 1.29 is 14.3 Å². The molecule has 0 aliphatic heterocycles. The topological polar surface area (TPSA) is 91.2 Å². The third-order valence-corrected chi connectivity index (χ3v) is 5.08. The predicted molar refractivity (Wildman–Crippen MR) is 130 cm³/mol. The fourth-order valence-electron chi connectivity index (χ4n) is 3.36. The summed E-state index contributed by atoms with van der Waals surface area (Å²) in [5, 5.41) is 2.91. The summed E-state index contributed by atoms with van der Waals surface area (Å²) in [5.41, 5.74) is 1.29. The number of pyridine rings is 2. The lowest BCUT2D eigenvalue weighted by Gasteiger charge is -2.10. The van der Waals surface area contributed by atoms with E-state index in [1.807, 2.05) is 54.6 Å². The second kappa shape index (κ2) is 10.3. The third kappa shape index (κ3) is 5.51. The molecule has 2 aromatic carbocycles. The first-order valence-electron chi connectivity index (χ1n) is 10.9. The first-order valence-corrected chi connectivity index (χ1v) is 10.9. The molecule has 0 fully saturated rings. The zero-order valence-electron chi connectivity index (χ0n) is 18.6. The number of hydrogen-bond donors (Lipinski definition) is 1. The lowest BCUT2D eigenvalue weighted by molar-refractivity contribution is 0.0950. The zero-order chi connectivity index (χ0) is 23.9. The van der Waals surface area contributed by atoms with Gasteiger partial charge in [0, 0.05) is 43.0 Å². The summed E-state index contributed by atoms with van der Waals surface area (Å²) in [6.07, 6.45) is 8.34. The number of amides is 1. The number of benzene rings is 2. The van der Waals surface area contributed by atoms with Gasteiger partial charge in [-0.25, -0.2) is 15.0 Å². The van der Waals surface area contributed by atoms with E-state index in [4.69, 9.17) is 9.47 Å². The fourth-order valence-corrected chi connectivity index (χ4v) is 3.36. The summed E-state index contributed by atoms with van der Waals surface area (Å²) < 4.78 is 13.4. The molecule has 8 nitrogen and oxygen atoms in total. The fraction of sp³-hybridized carbons (Fsp3) is 0.0370. The van der Waals surface area contributed by atoms with Gasteiger partial charge in [0.2, 0.25) is 5.88 Å². The van der Waals surface area contributed by atoms with Crippen molar-refractivity contribution in [3.63, 3.8) is 0 Å². The highest BCUT2D eigenvalue weighted by atomic mass is 16.5. The molecular weight excluding hydrogens is 442 g/mol. The smallest absolute Gasteiger partial charge is 0.253 e. The number of ether oxygens (including phenoxy) is 2. The summed E-state index contributed by atoms with van der Waals surface area (Å²) >= 11 is 0. The lowest BCUT2D eigenvalue weighted by atomic mass is 10.2. The minimum atomic E-state index is -0.244. The summed E-state index contributed by atoms with van der Waals surface area (Å²) in [7, 11) is 0. The Labute approximate surface area is 201 Å². The molecule has 0 spiro atoms. The number of rotatable bonds is 8. The van der Waals surface area contributed by atoms with Crippen LogP contribution in [-0.4, -0.2) is 25.4 Å². The second-order valence-electron chi connectivity index (χ2n) is 7.51. The summed E-state index contributed by atoms with van der Waals surface area (Å²) in [5.74, 6) is 2.93. The van der Waals surface area contributed by atoms with Crippen LogP contribution in [0.2, 0.25) is 0 Å². The molecule has 0 bridgehead atoms. The maximum atomic E-state index is 12.6. The minimum Gasteiger partial charge on any atom is -0.457 e. The van der Waals surface area contributed by atoms with Crippen LogP contribution in [0.25, 0.3) is 5.82 Å². The maximum Gasteiger partial charge on any atom is 0.253 e. The third-order valence-electron chi connectivity index (χ3n) is 5.08. The molecule has 0 aliphatic carbocycles. The van der Waals surface area contributed by atoms with Crippen LogP contribution in [0.5, 0.6) is 23.1 Å². The molecule has 35 heavy (non-hydrogen) atoms. The van der Waals surface area contributed by atoms with Gasteiger partial charge in [-0.05, 0) is 48.5 Å². The molecule has 1 N–H and O–H groups in total. The van der Waals surface area contributed by atoms with Crippen molar-refractivity contribution in [2.24, 2.45) is 0 Å². The second-order valence-corrected chi connectivity index (χ2v) is 7.51. The Morgan fingerprint density at radius 2 is 1.57 bits per heavy atom. The Bertz CT molecular complexity index is 1390. The molecule has 3 aromatic heterocycles. The number of aromatic nitrogens is 4. The highest BCUT2D eigenvalue weighted by molar-refractivity contribution is 5.93. The zero-order valence-corrected chi connectivity index (χ0v) is 18.6. The Kier molecular flexibility index (Phi) is 6.43. The van der Waals surface area contributed by atoms with Crippen LogP contribution in [-0.2, 0) is 6.54 Å². The SMILES string of the molecule is O=C(NCc1cccnc1-n1ccnc1)c1ccc(Oc2ccc(Oc3ccccc3)cc2)nc1. The Morgan fingerprint density at radius 1 is 0.800 bits per heavy atom. The molecule has 0 radical (unpaired) electrons. The van der Waals surface area contributed by atoms with Crippen LogP contribution < -0.4 is 14.8 Å². The van der Waals surface area contributed by atoms with E-state index in [1.165, 1.54) is 6.20 Å². The van der Waals surface area contributed by atoms with Crippen LogP contribution in [0.3, 0.4) is 0 Å². The van der Waals surface area contributed by atoms with Gasteiger partial charge in [0.25, 0.3) is 5.91 Å². The molecule has 0 atom stereocenters. The van der Waals surface area contributed by atoms with Gasteiger partial charge in [-0.15, -0.1) is 0 Å². The average molecular weight is 463 g/mol. The van der Waals surface area contributed by atoms with E-state index < -0.39 is 0 Å². The molecule has 172 valence electrons. The number of para-hydroxylation sites is 1. The normalized spacial score (nSPS) is 10.5. The average Bonchev–Trinajstić information content (AvgIpc) is 3.45. The largest absolute Gasteiger partial charge is 0.457 e. The molecule has 5 aromatic rings. The van der Waals surface area contributed by atoms with Crippen molar-refractivity contribution in [2.75, 3.05) is 0 Å². The van der Waals surface area contributed by atoms with Crippen molar-refractivity contribution in [1.82, 2.24) is 24.8 Å². The highest BCUT2D eigenvalue weighted by Gasteiger charge is 2.10. The van der Waals surface area contributed by atoms with Gasteiger partial charge in [0.1, 0.15) is 29.4 Å². The van der Waals surface area contributed by atoms with Crippen LogP contribution in [0.4, 0.5) is 0 Å². The van der Waals surface area contributed by atoms with E-state index in [2.05, 4.69) is 20.3 Å². The van der Waals surface area contributed by atoms with Crippen LogP contribution in [0.15, 0.2) is 110 Å². The summed E-state index contributed by atoms with van der Waals surface area (Å²) in [4.78, 5) is 25.3. The molecule has 0 unspecified atom stereocenters. The molecular formula is C27H21N5O3. The van der Waals surface area contributed by atoms with E-state index in [1.54, 1.807) is 53.8 Å². The molecule has 0 saturated carbocycles. The molecule has 0 saturated heterocycles. The number of carbonyl (C=O) groups is 1. The van der Waals surface area contributed by atoms with Gasteiger partial charge in [-0.3, -0.25) is 9.36 Å². The van der Waals surface area contributed by atoms with E-state index in [9.17, 15) is 4.79 Å². The van der Waals surface area contributed by atoms with Crippen LogP contribution >= 0.6 is 0 Å². The van der Waals surface area contributed by atoms with Gasteiger partial charge in [-0.1, -0.05) is 24.3 Å². The monoisotopic (exact) mass is 463 g/mol. The first kappa shape index (κ1) is 21.8. The number of hydrogen-bond acceptors (Lipinski definition) is 6. The number of nitrogens with zero attached hydrogens (tertiary/aromatic N) is 4. The Morgan fingerprint density at radius 3 is 2.29 bits per heavy atom. The van der Waals surface area contributed by atoms with Crippen molar-refractivity contribution in [3.8, 4) is 28.9 Å². The quantitative estimate of drug-likeness (QED) is 0.341. The number of imidazole rings is 1. The molecule has 3 heterocycles. The molecule has 1 amide bonds. The van der Waals surface area contributed by atoms with Crippen molar-refractivity contribution in [2.45, 2.75) is 6.54 Å². The van der Waals surface area contributed by atoms with Gasteiger partial charge in [0.15, 0.2) is 0 Å². The molecule has 5 rings (SSSR count). The standard InChI is InChI=1S/C27H21N5O3/c33-27(31-17-20-5-4-14-29-26(20)32-16-15-28-19-32)21-8-13-25(30-18-21)35-24-11-9-23(10-12-24)34-22-6-2-1-3-7-22/h1-16,18-19H,17H2,(H,31,33). The minimum absolute atomic E-state index is 0.244. The summed E-state index contributed by atoms with van der Waals surface area (Å²) in [6.45, 7) is 0.315. The van der Waals surface area contributed by atoms with Gasteiger partial charge < -0.3 is 14.8 Å². The van der Waals surface area contributed by atoms with E-state index in [-0.39, 0.29) is 5.91 Å². The van der Waals surface area contributed by atoms with Crippen LogP contribution in [0.1, 0.15) is 15.9 Å². The molecule has 0 aliphatic rings. The lowest BCUT2D eigenvalue weighted by Crippen LogP contribution is -2.23. The first-order chi connectivity index (χ1) is 17.2. The van der Waals surface area contributed by atoms with Crippen LogP contribution in [0, 0.1) is 0 Å². The van der Waals surface area contributed by atoms with Crippen molar-refractivity contribution in [3.05, 3.63) is 121 Å². The predicted octanol–water partition coefficient (Wildman–Crippen LogP) is 5.18. The van der Waals surface area contributed by atoms with Crippen molar-refractivity contribution >= 4 is 5.91 Å². The van der Waals surface area contributed by atoms with Gasteiger partial charge >= 0.3 is 0 Å². The number of carbonyl (C=O) groups excluding carboxylic acids is 1. The van der Waals surface area contributed by atoms with Gasteiger partial charge in [-0.2, -0.15) is 0 Å². The van der Waals surface area contributed by atoms with Crippen molar-refractivity contribution in [1.29, 1.82) is 0 Å². The molecule has 8 heteroatoms. The number of nitrogens with one attached hydrogen (secondary N) is 1. The van der Waals surface area contributed by atoms with E-state index in [0.29, 0.717) is 35.3 Å². The van der Waals surface area contributed by atoms with E-state index in [0.717, 1.165) is 11.3 Å². The van der Waals surface area contributed by atoms with E-state index >= 15 is 0 Å². The highest BCUT2D eigenvalue weighted by Crippen LogP contribution is 2.26. The maximum absolute atomic E-state index is 12.6. The van der Waals surface area contributed by atoms with Gasteiger partial charge in [0.05, 0.1) is 5.56 Å². The Hall–Kier alpha value is -4.98. The summed E-state index contributed by atoms with van der Waals surface area (Å²) in [6, 6.07) is 23.9.